The Bertz CT molecular complexity index is 1130. The first-order valence-corrected chi connectivity index (χ1v) is 16.0. The lowest BCUT2D eigenvalue weighted by Crippen LogP contribution is -2.36. The van der Waals surface area contributed by atoms with Gasteiger partial charge in [0, 0.05) is 31.5 Å². The monoisotopic (exact) mass is 535 g/mol. The molecule has 190 valence electrons. The lowest BCUT2D eigenvalue weighted by Gasteiger charge is -2.26. The summed E-state index contributed by atoms with van der Waals surface area (Å²) in [5, 5.41) is 3.56. The summed E-state index contributed by atoms with van der Waals surface area (Å²) in [7, 11) is -3.28. The van der Waals surface area contributed by atoms with Crippen LogP contribution in [0.25, 0.3) is 0 Å². The van der Waals surface area contributed by atoms with Crippen molar-refractivity contribution in [2.24, 2.45) is 5.92 Å². The molecule has 0 radical (unpaired) electrons. The number of thioether (sulfide) groups is 1. The summed E-state index contributed by atoms with van der Waals surface area (Å²) in [5.41, 5.74) is 0.833. The van der Waals surface area contributed by atoms with Gasteiger partial charge in [0.2, 0.25) is 11.8 Å². The normalized spacial score (nSPS) is 18.1. The number of hydrogen-bond acceptors (Lipinski definition) is 7. The molecule has 1 aromatic carbocycles. The summed E-state index contributed by atoms with van der Waals surface area (Å²) < 4.78 is 24.7. The van der Waals surface area contributed by atoms with Gasteiger partial charge in [-0.25, -0.2) is 13.4 Å². The molecule has 2 heterocycles. The van der Waals surface area contributed by atoms with Crippen LogP contribution in [0.1, 0.15) is 62.8 Å². The maximum Gasteiger partial charge on any atom is 0.233 e. The first-order chi connectivity index (χ1) is 16.8. The Hall–Kier alpha value is -1.91. The third-order valence-corrected chi connectivity index (χ3v) is 10.0. The highest BCUT2D eigenvalue weighted by atomic mass is 32.2. The summed E-state index contributed by atoms with van der Waals surface area (Å²) in [6, 6.07) is 6.71. The van der Waals surface area contributed by atoms with E-state index in [9.17, 15) is 18.0 Å². The number of rotatable bonds is 10. The number of carbonyl (C=O) groups excluding carboxylic acids is 2. The van der Waals surface area contributed by atoms with E-state index in [4.69, 9.17) is 0 Å². The van der Waals surface area contributed by atoms with Crippen molar-refractivity contribution < 1.29 is 18.0 Å². The zero-order valence-corrected chi connectivity index (χ0v) is 22.5. The molecular formula is C25H33N3O4S3. The van der Waals surface area contributed by atoms with Gasteiger partial charge in [-0.1, -0.05) is 49.2 Å². The molecule has 0 spiro atoms. The van der Waals surface area contributed by atoms with E-state index in [0.29, 0.717) is 17.5 Å². The zero-order chi connectivity index (χ0) is 24.8. The molecule has 2 fully saturated rings. The molecule has 1 aromatic heterocycles. The fourth-order valence-corrected chi connectivity index (χ4v) is 7.40. The molecule has 2 aliphatic rings. The van der Waals surface area contributed by atoms with E-state index in [-0.39, 0.29) is 22.6 Å². The molecule has 1 saturated heterocycles. The third kappa shape index (κ3) is 7.30. The van der Waals surface area contributed by atoms with Crippen LogP contribution in [0, 0.1) is 5.92 Å². The van der Waals surface area contributed by atoms with Crippen molar-refractivity contribution in [3.05, 3.63) is 36.0 Å². The minimum atomic E-state index is -3.28. The van der Waals surface area contributed by atoms with Crippen LogP contribution in [0.5, 0.6) is 0 Å². The molecule has 35 heavy (non-hydrogen) atoms. The van der Waals surface area contributed by atoms with Crippen molar-refractivity contribution in [2.75, 3.05) is 30.4 Å². The zero-order valence-electron chi connectivity index (χ0n) is 20.1. The van der Waals surface area contributed by atoms with Crippen molar-refractivity contribution in [3.8, 4) is 0 Å². The number of hydrogen-bond donors (Lipinski definition) is 1. The number of piperidine rings is 1. The van der Waals surface area contributed by atoms with E-state index in [0.717, 1.165) is 60.7 Å². The number of benzene rings is 1. The SMILES string of the molecule is CS(=O)(=O)c1ccc(C(CC2CCCC2)C(=O)Nc2ncc(SCCN3CCCCC3=O)s2)cc1. The number of thiazole rings is 1. The fourth-order valence-electron chi connectivity index (χ4n) is 4.85. The fraction of sp³-hybridized carbons (Fsp3) is 0.560. The molecule has 0 bridgehead atoms. The Morgan fingerprint density at radius 2 is 1.94 bits per heavy atom. The first-order valence-electron chi connectivity index (χ1n) is 12.3. The highest BCUT2D eigenvalue weighted by Crippen LogP contribution is 2.36. The number of amides is 2. The molecule has 2 amide bonds. The van der Waals surface area contributed by atoms with Crippen LogP contribution in [0.3, 0.4) is 0 Å². The molecule has 7 nitrogen and oxygen atoms in total. The maximum atomic E-state index is 13.3. The lowest BCUT2D eigenvalue weighted by atomic mass is 9.87. The number of likely N-dealkylation sites (tertiary alicyclic amines) is 1. The second-order valence-electron chi connectivity index (χ2n) is 9.44. The number of aromatic nitrogens is 1. The van der Waals surface area contributed by atoms with Crippen molar-refractivity contribution in [2.45, 2.75) is 66.4 Å². The smallest absolute Gasteiger partial charge is 0.233 e. The number of nitrogens with zero attached hydrogens (tertiary/aromatic N) is 2. The second kappa shape index (κ2) is 11.9. The Morgan fingerprint density at radius 3 is 2.63 bits per heavy atom. The molecule has 10 heteroatoms. The third-order valence-electron chi connectivity index (χ3n) is 6.81. The summed E-state index contributed by atoms with van der Waals surface area (Å²) in [4.78, 5) is 31.9. The highest BCUT2D eigenvalue weighted by molar-refractivity contribution is 8.01. The largest absolute Gasteiger partial charge is 0.342 e. The molecule has 4 rings (SSSR count). The first kappa shape index (κ1) is 26.2. The Balaban J connectivity index is 1.38. The van der Waals surface area contributed by atoms with Crippen molar-refractivity contribution in [1.82, 2.24) is 9.88 Å². The van der Waals surface area contributed by atoms with Crippen LogP contribution in [0.4, 0.5) is 5.13 Å². The average Bonchev–Trinajstić information content (AvgIpc) is 3.50. The van der Waals surface area contributed by atoms with Crippen LogP contribution in [0.15, 0.2) is 39.6 Å². The molecule has 1 aliphatic heterocycles. The van der Waals surface area contributed by atoms with E-state index in [1.54, 1.807) is 42.2 Å². The van der Waals surface area contributed by atoms with Crippen LogP contribution < -0.4 is 5.32 Å². The van der Waals surface area contributed by atoms with E-state index in [1.807, 2.05) is 4.90 Å². The van der Waals surface area contributed by atoms with Crippen LogP contribution in [-0.4, -0.2) is 55.2 Å². The van der Waals surface area contributed by atoms with Gasteiger partial charge in [0.25, 0.3) is 0 Å². The van der Waals surface area contributed by atoms with Gasteiger partial charge in [0.05, 0.1) is 21.2 Å². The van der Waals surface area contributed by atoms with Gasteiger partial charge in [-0.05, 0) is 42.9 Å². The van der Waals surface area contributed by atoms with E-state index >= 15 is 0 Å². The van der Waals surface area contributed by atoms with Crippen LogP contribution >= 0.6 is 23.1 Å². The quantitative estimate of drug-likeness (QED) is 0.432. The minimum absolute atomic E-state index is 0.103. The highest BCUT2D eigenvalue weighted by Gasteiger charge is 2.27. The summed E-state index contributed by atoms with van der Waals surface area (Å²) >= 11 is 3.10. The number of nitrogens with one attached hydrogen (secondary N) is 1. The molecule has 2 aromatic rings. The van der Waals surface area contributed by atoms with E-state index in [1.165, 1.54) is 30.4 Å². The predicted molar refractivity (Wildman–Crippen MR) is 141 cm³/mol. The average molecular weight is 536 g/mol. The molecule has 1 aliphatic carbocycles. The second-order valence-corrected chi connectivity index (χ2v) is 13.9. The van der Waals surface area contributed by atoms with Crippen molar-refractivity contribution in [1.29, 1.82) is 0 Å². The summed E-state index contributed by atoms with van der Waals surface area (Å²) in [6.45, 7) is 1.58. The van der Waals surface area contributed by atoms with Crippen molar-refractivity contribution >= 4 is 49.9 Å². The maximum absolute atomic E-state index is 13.3. The summed E-state index contributed by atoms with van der Waals surface area (Å²) in [6.07, 6.45) is 11.1. The number of sulfone groups is 1. The van der Waals surface area contributed by atoms with Gasteiger partial charge in [-0.3, -0.25) is 9.59 Å². The van der Waals surface area contributed by atoms with Gasteiger partial charge >= 0.3 is 0 Å². The lowest BCUT2D eigenvalue weighted by molar-refractivity contribution is -0.132. The Kier molecular flexibility index (Phi) is 8.88. The molecule has 1 atom stereocenters. The number of carbonyl (C=O) groups is 2. The van der Waals surface area contributed by atoms with Gasteiger partial charge < -0.3 is 10.2 Å². The van der Waals surface area contributed by atoms with Crippen LogP contribution in [0.2, 0.25) is 0 Å². The Labute approximate surface area is 216 Å². The topological polar surface area (TPSA) is 96.4 Å². The van der Waals surface area contributed by atoms with Gasteiger partial charge in [-0.15, -0.1) is 11.8 Å². The molecule has 1 unspecified atom stereocenters. The molecule has 1 N–H and O–H groups in total. The number of anilines is 1. The standard InChI is InChI=1S/C25H33N3O4S3/c1-35(31,32)20-11-9-19(10-12-20)21(16-18-6-2-3-7-18)24(30)27-25-26-17-23(34-25)33-15-14-28-13-5-4-8-22(28)29/h9-12,17-18,21H,2-8,13-16H2,1H3,(H,26,27,30). The molecular weight excluding hydrogens is 502 g/mol. The molecule has 1 saturated carbocycles. The minimum Gasteiger partial charge on any atom is -0.342 e. The summed E-state index contributed by atoms with van der Waals surface area (Å²) in [5.74, 6) is 1.09. The van der Waals surface area contributed by atoms with Crippen LogP contribution in [-0.2, 0) is 19.4 Å². The van der Waals surface area contributed by atoms with Gasteiger partial charge in [-0.2, -0.15) is 0 Å². The predicted octanol–water partition coefficient (Wildman–Crippen LogP) is 4.95. The van der Waals surface area contributed by atoms with E-state index in [2.05, 4.69) is 10.3 Å². The van der Waals surface area contributed by atoms with Gasteiger partial charge in [0.15, 0.2) is 15.0 Å². The van der Waals surface area contributed by atoms with Crippen molar-refractivity contribution in [3.63, 3.8) is 0 Å². The Morgan fingerprint density at radius 1 is 1.20 bits per heavy atom. The van der Waals surface area contributed by atoms with E-state index < -0.39 is 9.84 Å². The van der Waals surface area contributed by atoms with Gasteiger partial charge in [0.1, 0.15) is 0 Å².